The molecule has 1 aromatic carbocycles. The zero-order valence-electron chi connectivity index (χ0n) is 11.7. The van der Waals surface area contributed by atoms with Gasteiger partial charge in [0.2, 0.25) is 0 Å². The molecule has 1 amide bonds. The first-order valence-corrected chi connectivity index (χ1v) is 8.86. The number of anilines is 1. The predicted molar refractivity (Wildman–Crippen MR) is 95.8 cm³/mol. The van der Waals surface area contributed by atoms with E-state index in [0.29, 0.717) is 9.21 Å². The fourth-order valence-electron chi connectivity index (χ4n) is 2.22. The molecule has 3 heterocycles. The highest BCUT2D eigenvalue weighted by Gasteiger charge is 2.10. The summed E-state index contributed by atoms with van der Waals surface area (Å²) in [6.07, 6.45) is 3.98. The normalized spacial score (nSPS) is 11.0. The number of benzene rings is 1. The van der Waals surface area contributed by atoms with Crippen LogP contribution in [-0.2, 0) is 0 Å². The first-order chi connectivity index (χ1) is 11.2. The van der Waals surface area contributed by atoms with Crippen LogP contribution in [0.5, 0.6) is 0 Å². The summed E-state index contributed by atoms with van der Waals surface area (Å²) in [5.74, 6) is -0.155. The third-order valence-electron chi connectivity index (χ3n) is 3.33. The minimum atomic E-state index is -0.155. The zero-order chi connectivity index (χ0) is 15.8. The van der Waals surface area contributed by atoms with E-state index in [1.165, 1.54) is 11.3 Å². The molecule has 0 aliphatic rings. The molecule has 0 saturated carbocycles. The predicted octanol–water partition coefficient (Wildman–Crippen LogP) is 5.03. The van der Waals surface area contributed by atoms with E-state index in [-0.39, 0.29) is 5.91 Å². The number of hydrogen-bond donors (Lipinski definition) is 1. The van der Waals surface area contributed by atoms with Crippen LogP contribution in [0.15, 0.2) is 54.2 Å². The Hall–Kier alpha value is -2.15. The summed E-state index contributed by atoms with van der Waals surface area (Å²) in [5, 5.41) is 4.86. The molecule has 3 aromatic heterocycles. The van der Waals surface area contributed by atoms with Crippen molar-refractivity contribution in [2.45, 2.75) is 0 Å². The molecular formula is C16H10ClN3OS2. The van der Waals surface area contributed by atoms with Crippen LogP contribution >= 0.6 is 34.3 Å². The molecule has 0 saturated heterocycles. The number of amides is 1. The van der Waals surface area contributed by atoms with Crippen molar-refractivity contribution in [3.63, 3.8) is 0 Å². The van der Waals surface area contributed by atoms with Gasteiger partial charge in [0.25, 0.3) is 5.91 Å². The molecular weight excluding hydrogens is 350 g/mol. The van der Waals surface area contributed by atoms with E-state index in [0.717, 1.165) is 21.9 Å². The maximum atomic E-state index is 12.1. The number of fused-ring (bicyclic) bond motifs is 1. The molecule has 0 aliphatic heterocycles. The minimum absolute atomic E-state index is 0.155. The quantitative estimate of drug-likeness (QED) is 0.557. The lowest BCUT2D eigenvalue weighted by Crippen LogP contribution is -2.09. The fraction of sp³-hybridized carbons (Fsp3) is 0. The lowest BCUT2D eigenvalue weighted by atomic mass is 10.1. The molecule has 0 radical (unpaired) electrons. The van der Waals surface area contributed by atoms with Gasteiger partial charge in [0.15, 0.2) is 4.96 Å². The molecule has 23 heavy (non-hydrogen) atoms. The summed E-state index contributed by atoms with van der Waals surface area (Å²) in [7, 11) is 0. The number of halogens is 1. The van der Waals surface area contributed by atoms with Gasteiger partial charge >= 0.3 is 0 Å². The summed E-state index contributed by atoms with van der Waals surface area (Å²) >= 11 is 8.71. The van der Waals surface area contributed by atoms with Crippen molar-refractivity contribution in [1.82, 2.24) is 9.38 Å². The van der Waals surface area contributed by atoms with E-state index in [2.05, 4.69) is 10.3 Å². The Balaban J connectivity index is 1.53. The highest BCUT2D eigenvalue weighted by atomic mass is 35.5. The number of carbonyl (C=O) groups is 1. The second-order valence-corrected chi connectivity index (χ2v) is 7.44. The first kappa shape index (κ1) is 14.4. The summed E-state index contributed by atoms with van der Waals surface area (Å²) in [5.41, 5.74) is 2.67. The Labute approximate surface area is 145 Å². The molecule has 0 atom stereocenters. The number of hydrogen-bond acceptors (Lipinski definition) is 4. The minimum Gasteiger partial charge on any atom is -0.321 e. The molecule has 0 spiro atoms. The van der Waals surface area contributed by atoms with E-state index < -0.39 is 0 Å². The van der Waals surface area contributed by atoms with E-state index in [1.54, 1.807) is 23.5 Å². The van der Waals surface area contributed by atoms with Crippen LogP contribution in [-0.4, -0.2) is 15.3 Å². The van der Waals surface area contributed by atoms with E-state index in [4.69, 9.17) is 11.6 Å². The topological polar surface area (TPSA) is 46.4 Å². The summed E-state index contributed by atoms with van der Waals surface area (Å²) in [6, 6.07) is 11.1. The lowest BCUT2D eigenvalue weighted by Gasteiger charge is -2.04. The number of imidazole rings is 1. The number of aromatic nitrogens is 2. The highest BCUT2D eigenvalue weighted by molar-refractivity contribution is 7.18. The van der Waals surface area contributed by atoms with Crippen LogP contribution in [0.2, 0.25) is 4.34 Å². The lowest BCUT2D eigenvalue weighted by molar-refractivity contribution is 0.103. The van der Waals surface area contributed by atoms with Gasteiger partial charge in [0, 0.05) is 29.0 Å². The van der Waals surface area contributed by atoms with E-state index in [9.17, 15) is 4.79 Å². The summed E-state index contributed by atoms with van der Waals surface area (Å²) in [6.45, 7) is 0. The van der Waals surface area contributed by atoms with Crippen molar-refractivity contribution in [1.29, 1.82) is 0 Å². The Kier molecular flexibility index (Phi) is 3.65. The van der Waals surface area contributed by atoms with Crippen LogP contribution in [0.25, 0.3) is 16.2 Å². The van der Waals surface area contributed by atoms with E-state index >= 15 is 0 Å². The Morgan fingerprint density at radius 1 is 1.17 bits per heavy atom. The third-order valence-corrected chi connectivity index (χ3v) is 5.33. The smallest absolute Gasteiger partial charge is 0.265 e. The largest absolute Gasteiger partial charge is 0.321 e. The standard InChI is InChI=1S/C16H10ClN3OS2/c17-14-6-5-13(23-14)15(21)18-11-3-1-10(2-4-11)12-9-20-7-8-22-16(20)19-12/h1-9H,(H,18,21). The summed E-state index contributed by atoms with van der Waals surface area (Å²) < 4.78 is 2.60. The van der Waals surface area contributed by atoms with Gasteiger partial charge in [0.05, 0.1) is 14.9 Å². The second kappa shape index (κ2) is 5.81. The van der Waals surface area contributed by atoms with Crippen LogP contribution in [0, 0.1) is 0 Å². The van der Waals surface area contributed by atoms with Gasteiger partial charge in [-0.3, -0.25) is 9.20 Å². The van der Waals surface area contributed by atoms with Crippen molar-refractivity contribution in [3.05, 3.63) is 63.4 Å². The maximum Gasteiger partial charge on any atom is 0.265 e. The van der Waals surface area contributed by atoms with Crippen LogP contribution < -0.4 is 5.32 Å². The van der Waals surface area contributed by atoms with Crippen LogP contribution in [0.1, 0.15) is 9.67 Å². The number of thiazole rings is 1. The molecule has 1 N–H and O–H groups in total. The van der Waals surface area contributed by atoms with Crippen molar-refractivity contribution in [3.8, 4) is 11.3 Å². The number of nitrogens with zero attached hydrogens (tertiary/aromatic N) is 2. The maximum absolute atomic E-state index is 12.1. The number of nitrogens with one attached hydrogen (secondary N) is 1. The average Bonchev–Trinajstić information content (AvgIpc) is 3.23. The average molecular weight is 360 g/mol. The van der Waals surface area contributed by atoms with Crippen molar-refractivity contribution in [2.75, 3.05) is 5.32 Å². The number of rotatable bonds is 3. The number of thiophene rings is 1. The third kappa shape index (κ3) is 2.88. The molecule has 0 aliphatic carbocycles. The van der Waals surface area contributed by atoms with Crippen LogP contribution in [0.4, 0.5) is 5.69 Å². The fourth-order valence-corrected chi connectivity index (χ4v) is 3.86. The molecule has 0 unspecified atom stereocenters. The highest BCUT2D eigenvalue weighted by Crippen LogP contribution is 2.25. The van der Waals surface area contributed by atoms with Crippen molar-refractivity contribution < 1.29 is 4.79 Å². The first-order valence-electron chi connectivity index (χ1n) is 6.78. The van der Waals surface area contributed by atoms with Crippen molar-refractivity contribution >= 4 is 50.8 Å². The molecule has 0 bridgehead atoms. The van der Waals surface area contributed by atoms with Crippen LogP contribution in [0.3, 0.4) is 0 Å². The van der Waals surface area contributed by atoms with Gasteiger partial charge in [-0.1, -0.05) is 23.7 Å². The molecule has 114 valence electrons. The van der Waals surface area contributed by atoms with Gasteiger partial charge in [-0.15, -0.1) is 22.7 Å². The van der Waals surface area contributed by atoms with Gasteiger partial charge in [0.1, 0.15) is 0 Å². The second-order valence-electron chi connectivity index (χ2n) is 4.85. The van der Waals surface area contributed by atoms with Gasteiger partial charge < -0.3 is 5.32 Å². The Morgan fingerprint density at radius 2 is 2.00 bits per heavy atom. The zero-order valence-corrected chi connectivity index (χ0v) is 14.1. The molecule has 4 aromatic rings. The SMILES string of the molecule is O=C(Nc1ccc(-c2cn3ccsc3n2)cc1)c1ccc(Cl)s1. The summed E-state index contributed by atoms with van der Waals surface area (Å²) in [4.78, 5) is 18.2. The Bertz CT molecular complexity index is 956. The van der Waals surface area contributed by atoms with Gasteiger partial charge in [-0.2, -0.15) is 0 Å². The molecule has 0 fully saturated rings. The molecule has 4 rings (SSSR count). The molecule has 7 heteroatoms. The van der Waals surface area contributed by atoms with Gasteiger partial charge in [-0.25, -0.2) is 4.98 Å². The van der Waals surface area contributed by atoms with Crippen molar-refractivity contribution in [2.24, 2.45) is 0 Å². The monoisotopic (exact) mass is 359 g/mol. The van der Waals surface area contributed by atoms with Gasteiger partial charge in [-0.05, 0) is 24.3 Å². The molecule has 4 nitrogen and oxygen atoms in total. The Morgan fingerprint density at radius 3 is 2.70 bits per heavy atom. The van der Waals surface area contributed by atoms with E-state index in [1.807, 2.05) is 46.4 Å². The number of carbonyl (C=O) groups excluding carboxylic acids is 1.